The molecule has 1 aliphatic heterocycles. The van der Waals surface area contributed by atoms with Gasteiger partial charge in [-0.05, 0) is 74.2 Å². The smallest absolute Gasteiger partial charge is 0.343 e. The second kappa shape index (κ2) is 11.7. The lowest BCUT2D eigenvalue weighted by Crippen LogP contribution is -2.21. The van der Waals surface area contributed by atoms with Gasteiger partial charge in [-0.25, -0.2) is 4.79 Å². The monoisotopic (exact) mass is 512 g/mol. The van der Waals surface area contributed by atoms with Crippen LogP contribution in [0.5, 0.6) is 23.0 Å². The fraction of sp³-hybridized carbons (Fsp3) is 0.290. The number of fused-ring (bicyclic) bond motifs is 1. The number of ether oxygens (including phenoxy) is 4. The molecule has 196 valence electrons. The number of nitrogens with zero attached hydrogens (tertiary/aromatic N) is 1. The highest BCUT2D eigenvalue weighted by Crippen LogP contribution is 2.44. The highest BCUT2D eigenvalue weighted by atomic mass is 16.5. The summed E-state index contributed by atoms with van der Waals surface area (Å²) in [5, 5.41) is 9.88. The van der Waals surface area contributed by atoms with Gasteiger partial charge in [-0.15, -0.1) is 0 Å². The Morgan fingerprint density at radius 2 is 1.74 bits per heavy atom. The minimum atomic E-state index is -0.513. The van der Waals surface area contributed by atoms with Crippen molar-refractivity contribution in [1.82, 2.24) is 0 Å². The quantitative estimate of drug-likeness (QED) is 0.264. The molecule has 0 fully saturated rings. The van der Waals surface area contributed by atoms with E-state index in [1.165, 1.54) is 0 Å². The number of hydrogen-bond acceptors (Lipinski definition) is 7. The van der Waals surface area contributed by atoms with Crippen molar-refractivity contribution < 1.29 is 23.7 Å². The van der Waals surface area contributed by atoms with Crippen LogP contribution >= 0.6 is 0 Å². The van der Waals surface area contributed by atoms with Gasteiger partial charge in [-0.2, -0.15) is 5.26 Å². The third-order valence-corrected chi connectivity index (χ3v) is 6.02. The number of benzene rings is 3. The Bertz CT molecular complexity index is 1370. The van der Waals surface area contributed by atoms with E-state index in [0.717, 1.165) is 23.3 Å². The van der Waals surface area contributed by atoms with E-state index >= 15 is 0 Å². The highest BCUT2D eigenvalue weighted by molar-refractivity contribution is 5.91. The average Bonchev–Trinajstić information content (AvgIpc) is 2.88. The molecule has 0 saturated heterocycles. The van der Waals surface area contributed by atoms with Gasteiger partial charge in [-0.1, -0.05) is 32.0 Å². The Hall–Kier alpha value is -4.44. The van der Waals surface area contributed by atoms with E-state index in [0.29, 0.717) is 40.9 Å². The van der Waals surface area contributed by atoms with Crippen LogP contribution in [0.15, 0.2) is 78.2 Å². The van der Waals surface area contributed by atoms with Crippen molar-refractivity contribution in [3.8, 4) is 29.1 Å². The summed E-state index contributed by atoms with van der Waals surface area (Å²) in [7, 11) is 0. The maximum Gasteiger partial charge on any atom is 0.343 e. The molecule has 4 rings (SSSR count). The van der Waals surface area contributed by atoms with Crippen LogP contribution in [0.25, 0.3) is 0 Å². The summed E-state index contributed by atoms with van der Waals surface area (Å²) >= 11 is 0. The second-order valence-electron chi connectivity index (χ2n) is 9.81. The summed E-state index contributed by atoms with van der Waals surface area (Å²) < 4.78 is 22.9. The third kappa shape index (κ3) is 6.27. The van der Waals surface area contributed by atoms with Crippen LogP contribution in [0.3, 0.4) is 0 Å². The van der Waals surface area contributed by atoms with Gasteiger partial charge in [-0.3, -0.25) is 0 Å². The summed E-state index contributed by atoms with van der Waals surface area (Å²) in [6.45, 7) is 8.78. The zero-order chi connectivity index (χ0) is 27.2. The highest BCUT2D eigenvalue weighted by Gasteiger charge is 2.31. The number of esters is 1. The summed E-state index contributed by atoms with van der Waals surface area (Å²) in [5.74, 6) is 1.71. The molecule has 0 bridgehead atoms. The lowest BCUT2D eigenvalue weighted by atomic mass is 9.83. The number of nitriles is 1. The van der Waals surface area contributed by atoms with Gasteiger partial charge in [0.1, 0.15) is 34.6 Å². The van der Waals surface area contributed by atoms with Crippen molar-refractivity contribution in [2.24, 2.45) is 11.7 Å². The Morgan fingerprint density at radius 3 is 2.42 bits per heavy atom. The van der Waals surface area contributed by atoms with Crippen LogP contribution in [0, 0.1) is 17.2 Å². The predicted molar refractivity (Wildman–Crippen MR) is 144 cm³/mol. The van der Waals surface area contributed by atoms with E-state index in [1.807, 2.05) is 38.1 Å². The van der Waals surface area contributed by atoms with Crippen LogP contribution in [0.1, 0.15) is 61.5 Å². The minimum absolute atomic E-state index is 0.0142. The van der Waals surface area contributed by atoms with Crippen molar-refractivity contribution in [2.45, 2.75) is 46.1 Å². The van der Waals surface area contributed by atoms with Crippen molar-refractivity contribution >= 4 is 5.97 Å². The van der Waals surface area contributed by atoms with E-state index in [4.69, 9.17) is 24.7 Å². The van der Waals surface area contributed by atoms with Gasteiger partial charge in [0, 0.05) is 11.6 Å². The van der Waals surface area contributed by atoms with Crippen molar-refractivity contribution in [2.75, 3.05) is 6.61 Å². The number of nitrogens with two attached hydrogens (primary N) is 1. The molecule has 0 spiro atoms. The molecule has 3 aromatic rings. The molecule has 0 amide bonds. The number of carbonyl (C=O) groups excluding carboxylic acids is 1. The Kier molecular flexibility index (Phi) is 8.22. The molecule has 3 aromatic carbocycles. The molecule has 0 aromatic heterocycles. The molecule has 1 heterocycles. The normalized spacial score (nSPS) is 14.5. The molecule has 0 saturated carbocycles. The van der Waals surface area contributed by atoms with Crippen LogP contribution < -0.4 is 24.7 Å². The second-order valence-corrected chi connectivity index (χ2v) is 9.81. The van der Waals surface area contributed by atoms with Crippen molar-refractivity contribution in [1.29, 1.82) is 5.26 Å². The third-order valence-electron chi connectivity index (χ3n) is 6.02. The Labute approximate surface area is 223 Å². The standard InChI is InChI=1S/C31H32N2O5/c1-19(2)14-15-35-24-7-5-6-22(16-24)29-26-13-12-25(17-28(26)38-30(33)27(29)18-32)37-31(34)21-8-10-23(11-9-21)36-20(3)4/h5-13,16-17,19-20,29H,14-15,33H2,1-4H3. The van der Waals surface area contributed by atoms with E-state index in [9.17, 15) is 10.1 Å². The van der Waals surface area contributed by atoms with Gasteiger partial charge in [0.2, 0.25) is 5.88 Å². The Balaban J connectivity index is 1.57. The fourth-order valence-corrected chi connectivity index (χ4v) is 4.15. The van der Waals surface area contributed by atoms with Gasteiger partial charge in [0.25, 0.3) is 0 Å². The van der Waals surface area contributed by atoms with Crippen LogP contribution in [0.4, 0.5) is 0 Å². The molecule has 38 heavy (non-hydrogen) atoms. The SMILES string of the molecule is CC(C)CCOc1cccc(C2C(C#N)=C(N)Oc3cc(OC(=O)c4ccc(OC(C)C)cc4)ccc32)c1. The number of carbonyl (C=O) groups is 1. The molecule has 2 N–H and O–H groups in total. The molecule has 0 aliphatic carbocycles. The first-order chi connectivity index (χ1) is 18.2. The van der Waals surface area contributed by atoms with E-state index in [1.54, 1.807) is 42.5 Å². The van der Waals surface area contributed by atoms with E-state index in [-0.39, 0.29) is 12.0 Å². The number of allylic oxidation sites excluding steroid dienone is 1. The average molecular weight is 513 g/mol. The van der Waals surface area contributed by atoms with Crippen molar-refractivity contribution in [3.63, 3.8) is 0 Å². The summed E-state index contributed by atoms with van der Waals surface area (Å²) in [6, 6.07) is 21.7. The molecule has 7 nitrogen and oxygen atoms in total. The molecule has 7 heteroatoms. The van der Waals surface area contributed by atoms with Gasteiger partial charge >= 0.3 is 5.97 Å². The summed E-state index contributed by atoms with van der Waals surface area (Å²) in [4.78, 5) is 12.7. The lowest BCUT2D eigenvalue weighted by Gasteiger charge is -2.27. The molecule has 1 atom stereocenters. The van der Waals surface area contributed by atoms with Crippen LogP contribution in [0.2, 0.25) is 0 Å². The van der Waals surface area contributed by atoms with Gasteiger partial charge < -0.3 is 24.7 Å². The van der Waals surface area contributed by atoms with E-state index in [2.05, 4.69) is 19.9 Å². The lowest BCUT2D eigenvalue weighted by molar-refractivity contribution is 0.0734. The molecule has 0 radical (unpaired) electrons. The van der Waals surface area contributed by atoms with Crippen LogP contribution in [-0.2, 0) is 0 Å². The molecule has 1 aliphatic rings. The van der Waals surface area contributed by atoms with Crippen molar-refractivity contribution in [3.05, 3.63) is 94.9 Å². The van der Waals surface area contributed by atoms with Gasteiger partial charge in [0.05, 0.1) is 24.2 Å². The number of hydrogen-bond donors (Lipinski definition) is 1. The minimum Gasteiger partial charge on any atom is -0.494 e. The van der Waals surface area contributed by atoms with Crippen LogP contribution in [-0.4, -0.2) is 18.7 Å². The first-order valence-corrected chi connectivity index (χ1v) is 12.7. The van der Waals surface area contributed by atoms with E-state index < -0.39 is 11.9 Å². The first kappa shape index (κ1) is 26.6. The molecular formula is C31H32N2O5. The maximum absolute atomic E-state index is 12.7. The zero-order valence-corrected chi connectivity index (χ0v) is 22.1. The Morgan fingerprint density at radius 1 is 1.00 bits per heavy atom. The predicted octanol–water partition coefficient (Wildman–Crippen LogP) is 6.34. The topological polar surface area (TPSA) is 104 Å². The number of rotatable bonds is 9. The fourth-order valence-electron chi connectivity index (χ4n) is 4.15. The van der Waals surface area contributed by atoms with Gasteiger partial charge in [0.15, 0.2) is 0 Å². The molecular weight excluding hydrogens is 480 g/mol. The largest absolute Gasteiger partial charge is 0.494 e. The summed E-state index contributed by atoms with van der Waals surface area (Å²) in [6.07, 6.45) is 0.980. The first-order valence-electron chi connectivity index (χ1n) is 12.7. The zero-order valence-electron chi connectivity index (χ0n) is 22.1. The maximum atomic E-state index is 12.7. The molecule has 1 unspecified atom stereocenters. The summed E-state index contributed by atoms with van der Waals surface area (Å²) in [5.41, 5.74) is 8.45.